The van der Waals surface area contributed by atoms with Crippen molar-refractivity contribution in [2.75, 3.05) is 24.6 Å². The summed E-state index contributed by atoms with van der Waals surface area (Å²) in [5, 5.41) is 6.11. The molecule has 1 fully saturated rings. The number of aromatic nitrogens is 2. The lowest BCUT2D eigenvalue weighted by atomic mass is 9.97. The van der Waals surface area contributed by atoms with Crippen molar-refractivity contribution in [1.29, 1.82) is 0 Å². The Kier molecular flexibility index (Phi) is 5.94. The van der Waals surface area contributed by atoms with E-state index in [9.17, 15) is 4.79 Å². The van der Waals surface area contributed by atoms with Gasteiger partial charge in [-0.05, 0) is 56.3 Å². The van der Waals surface area contributed by atoms with Crippen LogP contribution in [0.1, 0.15) is 30.3 Å². The zero-order valence-electron chi connectivity index (χ0n) is 16.9. The maximum absolute atomic E-state index is 12.7. The Bertz CT molecular complexity index is 990. The van der Waals surface area contributed by atoms with Gasteiger partial charge in [0, 0.05) is 23.4 Å². The minimum absolute atomic E-state index is 0.0383. The monoisotopic (exact) mass is 410 g/mol. The fourth-order valence-corrected chi connectivity index (χ4v) is 4.39. The van der Waals surface area contributed by atoms with E-state index >= 15 is 0 Å². The predicted octanol–water partition coefficient (Wildman–Crippen LogP) is 3.93. The number of amides is 1. The molecule has 152 valence electrons. The maximum Gasteiger partial charge on any atom is 0.226 e. The Hall–Kier alpha value is -2.67. The Labute approximate surface area is 174 Å². The summed E-state index contributed by atoms with van der Waals surface area (Å²) in [7, 11) is 0. The summed E-state index contributed by atoms with van der Waals surface area (Å²) in [6.07, 6.45) is 1.86. The quantitative estimate of drug-likeness (QED) is 0.667. The summed E-state index contributed by atoms with van der Waals surface area (Å²) in [6.45, 7) is 6.72. The summed E-state index contributed by atoms with van der Waals surface area (Å²) >= 11 is 1.66. The number of hydrogen-bond donors (Lipinski definition) is 1. The highest BCUT2D eigenvalue weighted by atomic mass is 32.1. The predicted molar refractivity (Wildman–Crippen MR) is 117 cm³/mol. The summed E-state index contributed by atoms with van der Waals surface area (Å²) < 4.78 is 5.60. The summed E-state index contributed by atoms with van der Waals surface area (Å²) in [5.74, 6) is 1.61. The maximum atomic E-state index is 12.7. The fraction of sp³-hybridized carbons (Fsp3) is 0.409. The van der Waals surface area contributed by atoms with E-state index in [0.29, 0.717) is 25.6 Å². The van der Waals surface area contributed by atoms with Gasteiger partial charge in [0.25, 0.3) is 0 Å². The molecular weight excluding hydrogens is 384 g/mol. The minimum atomic E-state index is -0.0383. The van der Waals surface area contributed by atoms with Crippen LogP contribution in [0.4, 0.5) is 5.95 Å². The van der Waals surface area contributed by atoms with Crippen LogP contribution >= 0.6 is 11.3 Å². The highest BCUT2D eigenvalue weighted by Crippen LogP contribution is 2.26. The number of thiophene rings is 1. The number of carbonyl (C=O) groups excluding carboxylic acids is 1. The molecule has 0 unspecified atom stereocenters. The van der Waals surface area contributed by atoms with E-state index < -0.39 is 0 Å². The molecule has 3 aromatic rings. The number of anilines is 1. The summed E-state index contributed by atoms with van der Waals surface area (Å²) in [4.78, 5) is 25.5. The Balaban J connectivity index is 1.48. The average molecular weight is 411 g/mol. The van der Waals surface area contributed by atoms with Crippen LogP contribution in [0.5, 0.6) is 5.75 Å². The van der Waals surface area contributed by atoms with Gasteiger partial charge in [-0.3, -0.25) is 4.79 Å². The Morgan fingerprint density at radius 3 is 3.03 bits per heavy atom. The third-order valence-electron chi connectivity index (χ3n) is 5.25. The third kappa shape index (κ3) is 4.50. The molecule has 7 heteroatoms. The molecule has 3 heterocycles. The van der Waals surface area contributed by atoms with Crippen LogP contribution in [-0.2, 0) is 11.3 Å². The van der Waals surface area contributed by atoms with E-state index in [0.717, 1.165) is 41.7 Å². The lowest BCUT2D eigenvalue weighted by molar-refractivity contribution is -0.125. The van der Waals surface area contributed by atoms with Gasteiger partial charge in [0.15, 0.2) is 0 Å². The fourth-order valence-electron chi connectivity index (χ4n) is 3.75. The van der Waals surface area contributed by atoms with E-state index in [1.165, 1.54) is 4.88 Å². The van der Waals surface area contributed by atoms with Crippen molar-refractivity contribution in [2.45, 2.75) is 33.2 Å². The van der Waals surface area contributed by atoms with Gasteiger partial charge >= 0.3 is 0 Å². The van der Waals surface area contributed by atoms with E-state index in [4.69, 9.17) is 14.7 Å². The van der Waals surface area contributed by atoms with Crippen LogP contribution in [0, 0.1) is 12.8 Å². The topological polar surface area (TPSA) is 67.3 Å². The van der Waals surface area contributed by atoms with Crippen molar-refractivity contribution >= 4 is 34.1 Å². The second-order valence-electron chi connectivity index (χ2n) is 7.30. The lowest BCUT2D eigenvalue weighted by Crippen LogP contribution is -2.43. The van der Waals surface area contributed by atoms with Crippen LogP contribution in [0.3, 0.4) is 0 Å². The molecule has 0 bridgehead atoms. The Morgan fingerprint density at radius 1 is 1.34 bits per heavy atom. The number of fused-ring (bicyclic) bond motifs is 1. The number of benzene rings is 1. The molecule has 2 aromatic heterocycles. The number of hydrogen-bond acceptors (Lipinski definition) is 6. The average Bonchev–Trinajstić information content (AvgIpc) is 3.26. The van der Waals surface area contributed by atoms with Crippen LogP contribution < -0.4 is 15.0 Å². The first-order valence-electron chi connectivity index (χ1n) is 10.1. The smallest absolute Gasteiger partial charge is 0.226 e. The van der Waals surface area contributed by atoms with Gasteiger partial charge in [0.05, 0.1) is 30.3 Å². The number of nitrogens with one attached hydrogen (secondary N) is 1. The molecule has 6 nitrogen and oxygen atoms in total. The van der Waals surface area contributed by atoms with E-state index in [1.807, 2.05) is 49.6 Å². The second kappa shape index (κ2) is 8.78. The van der Waals surface area contributed by atoms with Crippen LogP contribution in [0.15, 0.2) is 35.7 Å². The highest BCUT2D eigenvalue weighted by molar-refractivity contribution is 7.09. The van der Waals surface area contributed by atoms with Gasteiger partial charge in [-0.25, -0.2) is 9.97 Å². The molecule has 1 aliphatic heterocycles. The van der Waals surface area contributed by atoms with Crippen molar-refractivity contribution < 1.29 is 9.53 Å². The second-order valence-corrected chi connectivity index (χ2v) is 8.34. The third-order valence-corrected chi connectivity index (χ3v) is 6.13. The molecule has 1 N–H and O–H groups in total. The van der Waals surface area contributed by atoms with Crippen LogP contribution in [0.2, 0.25) is 0 Å². The molecule has 0 radical (unpaired) electrons. The minimum Gasteiger partial charge on any atom is -0.494 e. The van der Waals surface area contributed by atoms with Crippen molar-refractivity contribution in [3.8, 4) is 5.75 Å². The SMILES string of the molecule is CCOc1ccc2nc(N3CCC[C@@H](C(=O)NCc4cccs4)C3)nc(C)c2c1. The normalized spacial score (nSPS) is 16.8. The summed E-state index contributed by atoms with van der Waals surface area (Å²) in [5.41, 5.74) is 1.83. The zero-order valence-corrected chi connectivity index (χ0v) is 17.7. The molecule has 0 aliphatic carbocycles. The number of piperidine rings is 1. The first-order valence-corrected chi connectivity index (χ1v) is 11.0. The van der Waals surface area contributed by atoms with Crippen molar-refractivity contribution in [3.05, 3.63) is 46.3 Å². The molecule has 1 amide bonds. The lowest BCUT2D eigenvalue weighted by Gasteiger charge is -2.32. The highest BCUT2D eigenvalue weighted by Gasteiger charge is 2.27. The molecule has 1 atom stereocenters. The number of carbonyl (C=O) groups is 1. The largest absolute Gasteiger partial charge is 0.494 e. The molecular formula is C22H26N4O2S. The number of rotatable bonds is 6. The van der Waals surface area contributed by atoms with E-state index in [2.05, 4.69) is 10.2 Å². The van der Waals surface area contributed by atoms with Crippen LogP contribution in [0.25, 0.3) is 10.9 Å². The Morgan fingerprint density at radius 2 is 2.24 bits per heavy atom. The van der Waals surface area contributed by atoms with E-state index in [-0.39, 0.29) is 11.8 Å². The van der Waals surface area contributed by atoms with Gasteiger partial charge in [0.1, 0.15) is 5.75 Å². The zero-order chi connectivity index (χ0) is 20.2. The van der Waals surface area contributed by atoms with Crippen molar-refractivity contribution in [3.63, 3.8) is 0 Å². The van der Waals surface area contributed by atoms with Crippen LogP contribution in [-0.4, -0.2) is 35.6 Å². The first-order chi connectivity index (χ1) is 14.1. The molecule has 1 aromatic carbocycles. The molecule has 29 heavy (non-hydrogen) atoms. The molecule has 1 aliphatic rings. The van der Waals surface area contributed by atoms with E-state index in [1.54, 1.807) is 11.3 Å². The van der Waals surface area contributed by atoms with Gasteiger partial charge in [-0.15, -0.1) is 11.3 Å². The number of aryl methyl sites for hydroxylation is 1. The molecule has 0 saturated carbocycles. The summed E-state index contributed by atoms with van der Waals surface area (Å²) in [6, 6.07) is 9.97. The van der Waals surface area contributed by atoms with Crippen molar-refractivity contribution in [1.82, 2.24) is 15.3 Å². The standard InChI is InChI=1S/C22H26N4O2S/c1-3-28-17-8-9-20-19(12-17)15(2)24-22(25-20)26-10-4-6-16(14-26)21(27)23-13-18-7-5-11-29-18/h5,7-9,11-12,16H,3-4,6,10,13-14H2,1-2H3,(H,23,27)/t16-/m1/s1. The molecule has 4 rings (SSSR count). The van der Waals surface area contributed by atoms with Gasteiger partial charge in [-0.2, -0.15) is 0 Å². The molecule has 0 spiro atoms. The number of ether oxygens (including phenoxy) is 1. The van der Waals surface area contributed by atoms with Gasteiger partial charge < -0.3 is 15.0 Å². The molecule has 1 saturated heterocycles. The first kappa shape index (κ1) is 19.6. The van der Waals surface area contributed by atoms with Gasteiger partial charge in [-0.1, -0.05) is 6.07 Å². The van der Waals surface area contributed by atoms with Gasteiger partial charge in [0.2, 0.25) is 11.9 Å². The van der Waals surface area contributed by atoms with Crippen molar-refractivity contribution in [2.24, 2.45) is 5.92 Å². The number of nitrogens with zero attached hydrogens (tertiary/aromatic N) is 3.